The van der Waals surface area contributed by atoms with Crippen LogP contribution in [-0.2, 0) is 38.0 Å². The van der Waals surface area contributed by atoms with Gasteiger partial charge in [0.2, 0.25) is 6.29 Å². The van der Waals surface area contributed by atoms with Gasteiger partial charge in [0.15, 0.2) is 30.2 Å². The normalized spacial score (nSPS) is 44.9. The Morgan fingerprint density at radius 2 is 1.69 bits per heavy atom. The standard InChI is InChI=1S/C31H40O17/c1-12-20(36)26(45-18(35)6-4-13-3-5-16(41-2)15(34)9-13)24(40)30(43-12)46-25-14-7-8-42-28(19(14)31(11-33)27(25)48-31)47-29-23(39)22(38)21(37)17(10-32)44-29/h3-9,12,14,17,19-30,32-34,36-40H,10-11H2,1-2H3/t12-,14+,17+,19+,20-,21+,22-,23+,24+,25-,26+,27-,28-,29+,30-,31+/m0/s1. The molecule has 0 bridgehead atoms. The summed E-state index contributed by atoms with van der Waals surface area (Å²) >= 11 is 0. The Kier molecular flexibility index (Phi) is 10.0. The summed E-state index contributed by atoms with van der Waals surface area (Å²) in [7, 11) is 1.40. The molecule has 4 aliphatic heterocycles. The number of phenolic OH excluding ortho intramolecular Hbond substituents is 1. The summed E-state index contributed by atoms with van der Waals surface area (Å²) in [5.74, 6) is -2.13. The number of carbonyl (C=O) groups excluding carboxylic acids is 1. The van der Waals surface area contributed by atoms with Crippen molar-refractivity contribution in [2.45, 2.75) is 92.4 Å². The fourth-order valence-electron chi connectivity index (χ4n) is 6.86. The van der Waals surface area contributed by atoms with Gasteiger partial charge in [0.05, 0.1) is 44.7 Å². The van der Waals surface area contributed by atoms with E-state index in [4.69, 9.17) is 37.9 Å². The lowest BCUT2D eigenvalue weighted by molar-refractivity contribution is -0.347. The van der Waals surface area contributed by atoms with Crippen molar-refractivity contribution in [1.29, 1.82) is 0 Å². The molecule has 0 amide bonds. The highest BCUT2D eigenvalue weighted by Gasteiger charge is 2.77. The molecule has 1 aliphatic carbocycles. The van der Waals surface area contributed by atoms with Crippen molar-refractivity contribution in [3.63, 3.8) is 0 Å². The third-order valence-electron chi connectivity index (χ3n) is 9.54. The highest BCUT2D eigenvalue weighted by atomic mass is 16.8. The Labute approximate surface area is 274 Å². The van der Waals surface area contributed by atoms with Crippen LogP contribution in [0.1, 0.15) is 12.5 Å². The van der Waals surface area contributed by atoms with Gasteiger partial charge in [0, 0.05) is 12.0 Å². The maximum Gasteiger partial charge on any atom is 0.331 e. The maximum absolute atomic E-state index is 12.7. The van der Waals surface area contributed by atoms with Gasteiger partial charge in [-0.1, -0.05) is 6.07 Å². The molecule has 0 spiro atoms. The lowest BCUT2D eigenvalue weighted by Gasteiger charge is -2.44. The van der Waals surface area contributed by atoms with Gasteiger partial charge in [-0.3, -0.25) is 0 Å². The van der Waals surface area contributed by atoms with E-state index in [0.717, 1.165) is 6.08 Å². The zero-order valence-corrected chi connectivity index (χ0v) is 25.9. The molecule has 1 aromatic carbocycles. The minimum atomic E-state index is -1.71. The van der Waals surface area contributed by atoms with Crippen LogP contribution in [0.4, 0.5) is 0 Å². The van der Waals surface area contributed by atoms with Crippen LogP contribution in [0.25, 0.3) is 6.08 Å². The highest BCUT2D eigenvalue weighted by Crippen LogP contribution is 2.61. The maximum atomic E-state index is 12.7. The summed E-state index contributed by atoms with van der Waals surface area (Å²) < 4.78 is 45.3. The summed E-state index contributed by atoms with van der Waals surface area (Å²) in [6.07, 6.45) is -12.1. The zero-order chi connectivity index (χ0) is 34.5. The number of hydrogen-bond donors (Lipinski definition) is 8. The van der Waals surface area contributed by atoms with Crippen molar-refractivity contribution in [2.24, 2.45) is 11.8 Å². The molecule has 6 rings (SSSR count). The Hall–Kier alpha value is -2.91. The van der Waals surface area contributed by atoms with Gasteiger partial charge >= 0.3 is 5.97 Å². The SMILES string of the molecule is COc1ccc(C=CC(=O)O[C@@H]2[C@@H](O)[C@H](C)O[C@@H](O[C@H]3[C@@H]4C=CO[C@@H](O[C@H]5O[C@H](CO)[C@@H](O)[C@H](O)[C@H]5O)[C@@H]4[C@@]4(CO)O[C@@H]34)[C@@H]2O)cc1O. The van der Waals surface area contributed by atoms with Gasteiger partial charge in [0.1, 0.15) is 48.3 Å². The summed E-state index contributed by atoms with van der Waals surface area (Å²) in [6.45, 7) is 0.346. The smallest absolute Gasteiger partial charge is 0.331 e. The number of aliphatic hydroxyl groups excluding tert-OH is 7. The fraction of sp³-hybridized carbons (Fsp3) is 0.645. The van der Waals surface area contributed by atoms with Gasteiger partial charge in [-0.15, -0.1) is 0 Å². The molecule has 1 saturated carbocycles. The summed E-state index contributed by atoms with van der Waals surface area (Å²) in [4.78, 5) is 12.7. The molecule has 0 radical (unpaired) electrons. The van der Waals surface area contributed by atoms with E-state index in [1.165, 1.54) is 38.5 Å². The Morgan fingerprint density at radius 3 is 2.38 bits per heavy atom. The molecule has 17 heteroatoms. The second kappa shape index (κ2) is 13.8. The van der Waals surface area contributed by atoms with Crippen molar-refractivity contribution in [1.82, 2.24) is 0 Å². The molecule has 1 aromatic rings. The minimum absolute atomic E-state index is 0.137. The number of ether oxygens (including phenoxy) is 8. The number of rotatable bonds is 10. The van der Waals surface area contributed by atoms with Gasteiger partial charge in [0.25, 0.3) is 0 Å². The van der Waals surface area contributed by atoms with Crippen molar-refractivity contribution in [3.8, 4) is 11.5 Å². The summed E-state index contributed by atoms with van der Waals surface area (Å²) in [5.41, 5.74) is -0.783. The average Bonchev–Trinajstić information content (AvgIpc) is 3.75. The fourth-order valence-corrected chi connectivity index (χ4v) is 6.86. The van der Waals surface area contributed by atoms with Gasteiger partial charge in [-0.2, -0.15) is 0 Å². The molecule has 0 aromatic heterocycles. The third kappa shape index (κ3) is 6.19. The van der Waals surface area contributed by atoms with Crippen LogP contribution in [0.3, 0.4) is 0 Å². The Bertz CT molecular complexity index is 1370. The van der Waals surface area contributed by atoms with Crippen LogP contribution < -0.4 is 4.74 Å². The molecular weight excluding hydrogens is 644 g/mol. The first kappa shape index (κ1) is 34.9. The van der Waals surface area contributed by atoms with Crippen molar-refractivity contribution in [3.05, 3.63) is 42.2 Å². The number of esters is 1. The van der Waals surface area contributed by atoms with E-state index in [-0.39, 0.29) is 11.5 Å². The Balaban J connectivity index is 1.14. The van der Waals surface area contributed by atoms with Crippen molar-refractivity contribution in [2.75, 3.05) is 20.3 Å². The van der Waals surface area contributed by atoms with Crippen LogP contribution in [0.5, 0.6) is 11.5 Å². The quantitative estimate of drug-likeness (QED) is 0.0705. The molecule has 5 aliphatic rings. The number of hydrogen-bond acceptors (Lipinski definition) is 17. The number of epoxide rings is 1. The van der Waals surface area contributed by atoms with E-state index in [1.807, 2.05) is 0 Å². The van der Waals surface area contributed by atoms with Gasteiger partial charge in [-0.05, 0) is 36.8 Å². The molecule has 3 saturated heterocycles. The van der Waals surface area contributed by atoms with Crippen LogP contribution in [-0.4, -0.2) is 153 Å². The van der Waals surface area contributed by atoms with Crippen LogP contribution in [0.2, 0.25) is 0 Å². The largest absolute Gasteiger partial charge is 0.504 e. The van der Waals surface area contributed by atoms with Gasteiger partial charge in [-0.25, -0.2) is 4.79 Å². The summed E-state index contributed by atoms with van der Waals surface area (Å²) in [5, 5.41) is 82.7. The predicted octanol–water partition coefficient (Wildman–Crippen LogP) is -2.76. The molecule has 266 valence electrons. The number of carbonyl (C=O) groups is 1. The minimum Gasteiger partial charge on any atom is -0.504 e. The molecule has 48 heavy (non-hydrogen) atoms. The number of aromatic hydroxyl groups is 1. The number of methoxy groups -OCH3 is 1. The molecule has 16 atom stereocenters. The topological polar surface area (TPSA) is 256 Å². The van der Waals surface area contributed by atoms with E-state index in [1.54, 1.807) is 12.1 Å². The van der Waals surface area contributed by atoms with Crippen molar-refractivity contribution < 1.29 is 83.5 Å². The first-order chi connectivity index (χ1) is 22.9. The molecule has 8 N–H and O–H groups in total. The molecule has 17 nitrogen and oxygen atoms in total. The van der Waals surface area contributed by atoms with E-state index in [0.29, 0.717) is 5.56 Å². The predicted molar refractivity (Wildman–Crippen MR) is 155 cm³/mol. The number of fused-ring (bicyclic) bond motifs is 3. The second-order valence-corrected chi connectivity index (χ2v) is 12.4. The molecular formula is C31H40O17. The van der Waals surface area contributed by atoms with E-state index < -0.39 is 117 Å². The number of benzene rings is 1. The third-order valence-corrected chi connectivity index (χ3v) is 9.54. The van der Waals surface area contributed by atoms with Gasteiger partial charge < -0.3 is 78.7 Å². The molecule has 4 heterocycles. The van der Waals surface area contributed by atoms with E-state index in [2.05, 4.69) is 0 Å². The van der Waals surface area contributed by atoms with E-state index in [9.17, 15) is 45.6 Å². The lowest BCUT2D eigenvalue weighted by atomic mass is 9.85. The van der Waals surface area contributed by atoms with Crippen LogP contribution in [0, 0.1) is 11.8 Å². The highest BCUT2D eigenvalue weighted by molar-refractivity contribution is 5.87. The number of aliphatic hydroxyl groups is 7. The average molecular weight is 685 g/mol. The van der Waals surface area contributed by atoms with Crippen molar-refractivity contribution >= 4 is 12.0 Å². The lowest BCUT2D eigenvalue weighted by Crippen LogP contribution is -2.60. The van der Waals surface area contributed by atoms with E-state index >= 15 is 0 Å². The second-order valence-electron chi connectivity index (χ2n) is 12.4. The molecule has 4 fully saturated rings. The monoisotopic (exact) mass is 684 g/mol. The van der Waals surface area contributed by atoms with Crippen LogP contribution in [0.15, 0.2) is 36.6 Å². The first-order valence-corrected chi connectivity index (χ1v) is 15.4. The first-order valence-electron chi connectivity index (χ1n) is 15.4. The zero-order valence-electron chi connectivity index (χ0n) is 25.9. The number of phenols is 1. The van der Waals surface area contributed by atoms with Crippen LogP contribution >= 0.6 is 0 Å². The Morgan fingerprint density at radius 1 is 0.938 bits per heavy atom. The molecule has 0 unspecified atom stereocenters. The summed E-state index contributed by atoms with van der Waals surface area (Å²) in [6, 6.07) is 4.48.